The molecule has 0 spiro atoms. The molecule has 2 heterocycles. The van der Waals surface area contributed by atoms with E-state index in [2.05, 4.69) is 40.8 Å². The smallest absolute Gasteiger partial charge is 0.462 e. The summed E-state index contributed by atoms with van der Waals surface area (Å²) in [6.07, 6.45) is 2.33. The summed E-state index contributed by atoms with van der Waals surface area (Å²) in [6, 6.07) is 3.59. The van der Waals surface area contributed by atoms with Crippen LogP contribution in [0.15, 0.2) is 23.1 Å². The van der Waals surface area contributed by atoms with Crippen molar-refractivity contribution in [2.24, 2.45) is 0 Å². The van der Waals surface area contributed by atoms with E-state index < -0.39 is 32.6 Å². The average molecular weight is 588 g/mol. The number of ether oxygens (including phenoxy) is 2. The van der Waals surface area contributed by atoms with Gasteiger partial charge in [-0.05, 0) is 89.3 Å². The summed E-state index contributed by atoms with van der Waals surface area (Å²) in [6.45, 7) is 26.3. The Morgan fingerprint density at radius 1 is 1.02 bits per heavy atom. The number of carbonyl (C=O) groups excluding carboxylic acids is 1. The number of pyridine rings is 1. The first-order chi connectivity index (χ1) is 18.9. The lowest BCUT2D eigenvalue weighted by Crippen LogP contribution is -2.42. The maximum Gasteiger partial charge on any atom is 0.495 e. The molecule has 1 atom stereocenters. The minimum absolute atomic E-state index is 0.0164. The van der Waals surface area contributed by atoms with Crippen LogP contribution in [0.1, 0.15) is 91.2 Å². The fourth-order valence-corrected chi connectivity index (χ4v) is 5.63. The van der Waals surface area contributed by atoms with Gasteiger partial charge in [0.25, 0.3) is 0 Å². The van der Waals surface area contributed by atoms with Gasteiger partial charge in [0.2, 0.25) is 5.43 Å². The van der Waals surface area contributed by atoms with Crippen LogP contribution in [0.25, 0.3) is 10.9 Å². The van der Waals surface area contributed by atoms with E-state index in [9.17, 15) is 9.59 Å². The lowest BCUT2D eigenvalue weighted by atomic mass is 9.74. The van der Waals surface area contributed by atoms with Gasteiger partial charge in [-0.1, -0.05) is 27.7 Å². The summed E-state index contributed by atoms with van der Waals surface area (Å²) in [4.78, 5) is 26.9. The maximum absolute atomic E-state index is 13.9. The SMILES string of the molecule is CCOC[C@@H](CO[Si](C)(C)C(C)(C)C)n1cc(C(=O)OCC)c(=O)c2cc(B3OC(C)(C)C(C)(C)O3)c(CC)cc21. The predicted octanol–water partition coefficient (Wildman–Crippen LogP) is 5.64. The van der Waals surface area contributed by atoms with Crippen LogP contribution in [0.5, 0.6) is 0 Å². The van der Waals surface area contributed by atoms with Gasteiger partial charge in [0, 0.05) is 18.2 Å². The predicted molar refractivity (Wildman–Crippen MR) is 168 cm³/mol. The van der Waals surface area contributed by atoms with Gasteiger partial charge in [-0.15, -0.1) is 0 Å². The molecule has 41 heavy (non-hydrogen) atoms. The zero-order valence-electron chi connectivity index (χ0n) is 27.2. The topological polar surface area (TPSA) is 85.2 Å². The molecule has 0 unspecified atom stereocenters. The molecule has 1 aliphatic heterocycles. The summed E-state index contributed by atoms with van der Waals surface area (Å²) in [5, 5.41) is 0.434. The normalized spacial score (nSPS) is 17.7. The van der Waals surface area contributed by atoms with E-state index in [0.717, 1.165) is 11.0 Å². The lowest BCUT2D eigenvalue weighted by Gasteiger charge is -2.37. The number of aromatic nitrogens is 1. The quantitative estimate of drug-likeness (QED) is 0.249. The van der Waals surface area contributed by atoms with Crippen LogP contribution in [0.4, 0.5) is 0 Å². The van der Waals surface area contributed by atoms with Gasteiger partial charge in [0.1, 0.15) is 5.56 Å². The number of hydrogen-bond donors (Lipinski definition) is 0. The third-order valence-corrected chi connectivity index (χ3v) is 13.5. The second-order valence-electron chi connectivity index (χ2n) is 13.4. The van der Waals surface area contributed by atoms with Crippen molar-refractivity contribution in [3.63, 3.8) is 0 Å². The van der Waals surface area contributed by atoms with Crippen LogP contribution in [0, 0.1) is 0 Å². The highest BCUT2D eigenvalue weighted by molar-refractivity contribution is 6.74. The standard InChI is InChI=1S/C31H50BNO7Si/c1-13-21-16-26-23(17-25(21)32-39-30(7,8)31(9,10)40-32)27(34)24(28(35)37-15-3)18-33(26)22(19-36-14-2)20-38-41(11,12)29(4,5)6/h16-18,22H,13-15,19-20H2,1-12H3/t22-/m0/s1. The van der Waals surface area contributed by atoms with Gasteiger partial charge < -0.3 is 27.8 Å². The van der Waals surface area contributed by atoms with Crippen molar-refractivity contribution in [1.82, 2.24) is 4.57 Å². The van der Waals surface area contributed by atoms with Gasteiger partial charge in [-0.3, -0.25) is 4.79 Å². The van der Waals surface area contributed by atoms with Crippen molar-refractivity contribution in [2.45, 2.75) is 111 Å². The lowest BCUT2D eigenvalue weighted by molar-refractivity contribution is 0.00578. The molecular weight excluding hydrogens is 537 g/mol. The summed E-state index contributed by atoms with van der Waals surface area (Å²) >= 11 is 0. The van der Waals surface area contributed by atoms with Crippen molar-refractivity contribution in [1.29, 1.82) is 0 Å². The van der Waals surface area contributed by atoms with Crippen molar-refractivity contribution in [3.05, 3.63) is 39.7 Å². The number of esters is 1. The molecule has 0 radical (unpaired) electrons. The first-order valence-corrected chi connectivity index (χ1v) is 17.8. The highest BCUT2D eigenvalue weighted by atomic mass is 28.4. The number of fused-ring (bicyclic) bond motifs is 1. The highest BCUT2D eigenvalue weighted by Crippen LogP contribution is 2.38. The first-order valence-electron chi connectivity index (χ1n) is 14.9. The Balaban J connectivity index is 2.27. The molecule has 1 aromatic carbocycles. The van der Waals surface area contributed by atoms with Gasteiger partial charge in [0.05, 0.1) is 42.6 Å². The van der Waals surface area contributed by atoms with Crippen molar-refractivity contribution < 1.29 is 28.0 Å². The molecule has 2 aromatic rings. The Morgan fingerprint density at radius 3 is 2.15 bits per heavy atom. The Kier molecular flexibility index (Phi) is 10.1. The fourth-order valence-electron chi connectivity index (χ4n) is 4.59. The van der Waals surface area contributed by atoms with Crippen LogP contribution in [0.3, 0.4) is 0 Å². The molecule has 10 heteroatoms. The van der Waals surface area contributed by atoms with E-state index in [1.807, 2.05) is 51.3 Å². The summed E-state index contributed by atoms with van der Waals surface area (Å²) in [7, 11) is -2.73. The summed E-state index contributed by atoms with van der Waals surface area (Å²) in [5.41, 5.74) is 1.05. The molecule has 228 valence electrons. The van der Waals surface area contributed by atoms with Crippen LogP contribution >= 0.6 is 0 Å². The summed E-state index contributed by atoms with van der Waals surface area (Å²) in [5.74, 6) is -0.648. The zero-order valence-corrected chi connectivity index (χ0v) is 28.2. The molecule has 0 N–H and O–H groups in total. The maximum atomic E-state index is 13.9. The van der Waals surface area contributed by atoms with Gasteiger partial charge in [-0.2, -0.15) is 0 Å². The van der Waals surface area contributed by atoms with Crippen LogP contribution < -0.4 is 10.9 Å². The molecule has 0 amide bonds. The third-order valence-electron chi connectivity index (χ3n) is 9.03. The van der Waals surface area contributed by atoms with Gasteiger partial charge >= 0.3 is 13.1 Å². The van der Waals surface area contributed by atoms with E-state index in [0.29, 0.717) is 37.1 Å². The van der Waals surface area contributed by atoms with E-state index >= 15 is 0 Å². The first kappa shape index (κ1) is 33.5. The fraction of sp³-hybridized carbons (Fsp3) is 0.677. The molecule has 1 saturated heterocycles. The Morgan fingerprint density at radius 2 is 1.63 bits per heavy atom. The number of nitrogens with zero attached hydrogens (tertiary/aromatic N) is 1. The monoisotopic (exact) mass is 587 g/mol. The molecule has 0 aliphatic carbocycles. The van der Waals surface area contributed by atoms with Crippen LogP contribution in [-0.4, -0.2) is 63.6 Å². The molecule has 1 fully saturated rings. The Bertz CT molecular complexity index is 1300. The van der Waals surface area contributed by atoms with Crippen molar-refractivity contribution >= 4 is 37.8 Å². The van der Waals surface area contributed by atoms with Crippen molar-refractivity contribution in [2.75, 3.05) is 26.4 Å². The average Bonchev–Trinajstić information content (AvgIpc) is 3.09. The third kappa shape index (κ3) is 6.83. The number of rotatable bonds is 11. The molecule has 3 rings (SSSR count). The molecule has 0 saturated carbocycles. The van der Waals surface area contributed by atoms with E-state index in [-0.39, 0.29) is 28.7 Å². The Labute approximate surface area is 247 Å². The van der Waals surface area contributed by atoms with E-state index in [1.165, 1.54) is 0 Å². The number of benzene rings is 1. The number of aryl methyl sites for hydroxylation is 1. The molecule has 8 nitrogen and oxygen atoms in total. The summed E-state index contributed by atoms with van der Waals surface area (Å²) < 4.78 is 32.6. The minimum Gasteiger partial charge on any atom is -0.462 e. The second kappa shape index (κ2) is 12.3. The molecular formula is C31H50BNO7Si. The van der Waals surface area contributed by atoms with Crippen LogP contribution in [0.2, 0.25) is 18.1 Å². The van der Waals surface area contributed by atoms with Gasteiger partial charge in [-0.25, -0.2) is 4.79 Å². The second-order valence-corrected chi connectivity index (χ2v) is 18.2. The highest BCUT2D eigenvalue weighted by Gasteiger charge is 2.52. The molecule has 0 bridgehead atoms. The number of hydrogen-bond acceptors (Lipinski definition) is 7. The Hall–Kier alpha value is -1.98. The van der Waals surface area contributed by atoms with Crippen molar-refractivity contribution in [3.8, 4) is 0 Å². The number of carbonyl (C=O) groups is 1. The van der Waals surface area contributed by atoms with Gasteiger partial charge in [0.15, 0.2) is 8.32 Å². The minimum atomic E-state index is -2.09. The largest absolute Gasteiger partial charge is 0.495 e. The molecule has 1 aliphatic rings. The van der Waals surface area contributed by atoms with E-state index in [1.54, 1.807) is 13.1 Å². The zero-order chi connectivity index (χ0) is 31.0. The van der Waals surface area contributed by atoms with E-state index in [4.69, 9.17) is 23.2 Å². The van der Waals surface area contributed by atoms with Crippen LogP contribution in [-0.2, 0) is 29.6 Å². The molecule has 1 aromatic heterocycles.